The van der Waals surface area contributed by atoms with E-state index >= 15 is 0 Å². The Hall–Kier alpha value is -2.67. The highest BCUT2D eigenvalue weighted by Gasteiger charge is 2.34. The average Bonchev–Trinajstić information content (AvgIpc) is 3.50. The van der Waals surface area contributed by atoms with Crippen molar-refractivity contribution in [2.45, 2.75) is 51.4 Å². The summed E-state index contributed by atoms with van der Waals surface area (Å²) < 4.78 is 1.70. The molecule has 0 radical (unpaired) electrons. The Bertz CT molecular complexity index is 1020. The van der Waals surface area contributed by atoms with Gasteiger partial charge in [-0.2, -0.15) is 4.68 Å². The summed E-state index contributed by atoms with van der Waals surface area (Å²) in [6.07, 6.45) is 2.41. The number of hydrogen-bond acceptors (Lipinski definition) is 5. The average molecular weight is 422 g/mol. The maximum atomic E-state index is 13.2. The van der Waals surface area contributed by atoms with Gasteiger partial charge in [-0.1, -0.05) is 48.2 Å². The van der Waals surface area contributed by atoms with E-state index in [0.717, 1.165) is 11.3 Å². The Balaban J connectivity index is 1.47. The Kier molecular flexibility index (Phi) is 6.18. The number of rotatable bonds is 8. The molecule has 0 bridgehead atoms. The Morgan fingerprint density at radius 2 is 1.93 bits per heavy atom. The molecule has 0 N–H and O–H groups in total. The van der Waals surface area contributed by atoms with E-state index in [0.29, 0.717) is 23.4 Å². The van der Waals surface area contributed by atoms with Crippen LogP contribution in [0.5, 0.6) is 0 Å². The summed E-state index contributed by atoms with van der Waals surface area (Å²) in [5.74, 6) is 1.05. The van der Waals surface area contributed by atoms with Crippen molar-refractivity contribution in [1.29, 1.82) is 0 Å². The molecular weight excluding hydrogens is 394 g/mol. The van der Waals surface area contributed by atoms with Crippen LogP contribution in [0.1, 0.15) is 36.5 Å². The Morgan fingerprint density at radius 3 is 2.63 bits per heavy atom. The quantitative estimate of drug-likeness (QED) is 0.510. The van der Waals surface area contributed by atoms with Crippen molar-refractivity contribution < 1.29 is 4.79 Å². The van der Waals surface area contributed by atoms with E-state index in [2.05, 4.69) is 60.6 Å². The van der Waals surface area contributed by atoms with Crippen LogP contribution in [0, 0.1) is 19.8 Å². The summed E-state index contributed by atoms with van der Waals surface area (Å²) in [5, 5.41) is 12.7. The third-order valence-corrected chi connectivity index (χ3v) is 6.72. The SMILES string of the molecule is Cc1ccc(-n2nnnc2SCC(=O)N(Cc2ccccc2)C(C)C2CC2)cc1C. The number of hydrogen-bond donors (Lipinski definition) is 0. The molecule has 1 heterocycles. The second-order valence-electron chi connectivity index (χ2n) is 8.02. The van der Waals surface area contributed by atoms with Gasteiger partial charge >= 0.3 is 0 Å². The van der Waals surface area contributed by atoms with Gasteiger partial charge in [-0.15, -0.1) is 5.10 Å². The van der Waals surface area contributed by atoms with Crippen LogP contribution in [0.4, 0.5) is 0 Å². The zero-order valence-corrected chi connectivity index (χ0v) is 18.5. The number of carbonyl (C=O) groups excluding carboxylic acids is 1. The highest BCUT2D eigenvalue weighted by Crippen LogP contribution is 2.36. The molecule has 4 rings (SSSR count). The first-order valence-electron chi connectivity index (χ1n) is 10.3. The zero-order chi connectivity index (χ0) is 21.1. The lowest BCUT2D eigenvalue weighted by Gasteiger charge is -2.29. The van der Waals surface area contributed by atoms with Crippen molar-refractivity contribution in [1.82, 2.24) is 25.1 Å². The number of nitrogens with zero attached hydrogens (tertiary/aromatic N) is 5. The van der Waals surface area contributed by atoms with Crippen LogP contribution < -0.4 is 0 Å². The molecule has 1 aliphatic carbocycles. The monoisotopic (exact) mass is 421 g/mol. The molecule has 156 valence electrons. The van der Waals surface area contributed by atoms with Crippen molar-refractivity contribution >= 4 is 17.7 Å². The van der Waals surface area contributed by atoms with Gasteiger partial charge in [-0.25, -0.2) is 0 Å². The zero-order valence-electron chi connectivity index (χ0n) is 17.7. The molecule has 30 heavy (non-hydrogen) atoms. The van der Waals surface area contributed by atoms with Crippen molar-refractivity contribution in [2.24, 2.45) is 5.92 Å². The molecule has 1 saturated carbocycles. The van der Waals surface area contributed by atoms with Gasteiger partial charge in [0.1, 0.15) is 0 Å². The van der Waals surface area contributed by atoms with E-state index < -0.39 is 0 Å². The first-order valence-corrected chi connectivity index (χ1v) is 11.3. The highest BCUT2D eigenvalue weighted by atomic mass is 32.2. The molecule has 0 saturated heterocycles. The second kappa shape index (κ2) is 9.00. The number of aromatic nitrogens is 4. The van der Waals surface area contributed by atoms with Crippen LogP contribution in [0.15, 0.2) is 53.7 Å². The van der Waals surface area contributed by atoms with E-state index in [9.17, 15) is 4.79 Å². The van der Waals surface area contributed by atoms with Gasteiger partial charge in [0, 0.05) is 12.6 Å². The summed E-state index contributed by atoms with van der Waals surface area (Å²) in [7, 11) is 0. The van der Waals surface area contributed by atoms with E-state index in [4.69, 9.17) is 0 Å². The molecule has 1 aliphatic rings. The predicted octanol–water partition coefficient (Wildman–Crippen LogP) is 4.20. The van der Waals surface area contributed by atoms with Gasteiger partial charge in [-0.3, -0.25) is 4.79 Å². The molecule has 1 unspecified atom stereocenters. The summed E-state index contributed by atoms with van der Waals surface area (Å²) in [6.45, 7) is 6.96. The first-order chi connectivity index (χ1) is 14.5. The molecule has 1 atom stereocenters. The normalized spacial score (nSPS) is 14.5. The van der Waals surface area contributed by atoms with Crippen molar-refractivity contribution in [3.05, 3.63) is 65.2 Å². The minimum Gasteiger partial charge on any atom is -0.335 e. The van der Waals surface area contributed by atoms with Gasteiger partial charge < -0.3 is 4.90 Å². The fourth-order valence-electron chi connectivity index (χ4n) is 3.57. The van der Waals surface area contributed by atoms with E-state index in [1.807, 2.05) is 29.2 Å². The molecule has 1 fully saturated rings. The number of tetrazole rings is 1. The van der Waals surface area contributed by atoms with Crippen molar-refractivity contribution in [3.8, 4) is 5.69 Å². The molecule has 0 aliphatic heterocycles. The molecule has 0 spiro atoms. The lowest BCUT2D eigenvalue weighted by atomic mass is 10.1. The second-order valence-corrected chi connectivity index (χ2v) is 8.96. The maximum Gasteiger partial charge on any atom is 0.233 e. The number of aryl methyl sites for hydroxylation is 2. The molecular formula is C23H27N5OS. The lowest BCUT2D eigenvalue weighted by molar-refractivity contribution is -0.131. The number of benzene rings is 2. The minimum atomic E-state index is 0.123. The lowest BCUT2D eigenvalue weighted by Crippen LogP contribution is -2.40. The van der Waals surface area contributed by atoms with Crippen LogP contribution >= 0.6 is 11.8 Å². The summed E-state index contributed by atoms with van der Waals surface area (Å²) in [5.41, 5.74) is 4.47. The maximum absolute atomic E-state index is 13.2. The Labute approximate surface area is 181 Å². The number of carbonyl (C=O) groups is 1. The summed E-state index contributed by atoms with van der Waals surface area (Å²) in [6, 6.07) is 16.6. The van der Waals surface area contributed by atoms with Gasteiger partial charge in [0.2, 0.25) is 11.1 Å². The Morgan fingerprint density at radius 1 is 1.17 bits per heavy atom. The summed E-state index contributed by atoms with van der Waals surface area (Å²) >= 11 is 1.39. The van der Waals surface area contributed by atoms with Crippen LogP contribution in [0.3, 0.4) is 0 Å². The first kappa shape index (κ1) is 20.6. The molecule has 3 aromatic rings. The van der Waals surface area contributed by atoms with Crippen LogP contribution in [-0.2, 0) is 11.3 Å². The highest BCUT2D eigenvalue weighted by molar-refractivity contribution is 7.99. The summed E-state index contributed by atoms with van der Waals surface area (Å²) in [4.78, 5) is 15.2. The van der Waals surface area contributed by atoms with Crippen molar-refractivity contribution in [2.75, 3.05) is 5.75 Å². The fourth-order valence-corrected chi connectivity index (χ4v) is 4.35. The molecule has 7 heteroatoms. The molecule has 1 aromatic heterocycles. The van der Waals surface area contributed by atoms with Crippen LogP contribution in [-0.4, -0.2) is 42.8 Å². The van der Waals surface area contributed by atoms with Crippen molar-refractivity contribution in [3.63, 3.8) is 0 Å². The van der Waals surface area contributed by atoms with Gasteiger partial charge in [0.05, 0.1) is 11.4 Å². The van der Waals surface area contributed by atoms with Crippen LogP contribution in [0.2, 0.25) is 0 Å². The smallest absolute Gasteiger partial charge is 0.233 e. The molecule has 6 nitrogen and oxygen atoms in total. The number of thioether (sulfide) groups is 1. The van der Waals surface area contributed by atoms with Gasteiger partial charge in [0.15, 0.2) is 0 Å². The van der Waals surface area contributed by atoms with Crippen LogP contribution in [0.25, 0.3) is 5.69 Å². The third-order valence-electron chi connectivity index (χ3n) is 5.81. The van der Waals surface area contributed by atoms with E-state index in [1.54, 1.807) is 4.68 Å². The topological polar surface area (TPSA) is 63.9 Å². The number of amides is 1. The van der Waals surface area contributed by atoms with Gasteiger partial charge in [0.25, 0.3) is 0 Å². The molecule has 1 amide bonds. The fraction of sp³-hybridized carbons (Fsp3) is 0.391. The van der Waals surface area contributed by atoms with E-state index in [1.165, 1.54) is 35.7 Å². The third kappa shape index (κ3) is 4.73. The predicted molar refractivity (Wildman–Crippen MR) is 119 cm³/mol. The van der Waals surface area contributed by atoms with Gasteiger partial charge in [-0.05, 0) is 78.8 Å². The minimum absolute atomic E-state index is 0.123. The standard InChI is InChI=1S/C23H27N5OS/c1-16-9-12-21(13-17(16)2)28-23(24-25-26-28)30-15-22(29)27(18(3)20-10-11-20)14-19-7-5-4-6-8-19/h4-9,12-13,18,20H,10-11,14-15H2,1-3H3. The van der Waals surface area contributed by atoms with E-state index in [-0.39, 0.29) is 11.9 Å². The molecule has 2 aromatic carbocycles. The largest absolute Gasteiger partial charge is 0.335 e.